The van der Waals surface area contributed by atoms with Gasteiger partial charge in [0.25, 0.3) is 5.91 Å². The van der Waals surface area contributed by atoms with Gasteiger partial charge < -0.3 is 14.5 Å². The zero-order chi connectivity index (χ0) is 21.3. The Kier molecular flexibility index (Phi) is 5.42. The molecule has 1 N–H and O–H groups in total. The molecule has 1 amide bonds. The van der Waals surface area contributed by atoms with Crippen molar-refractivity contribution in [1.82, 2.24) is 5.32 Å². The molecule has 0 unspecified atom stereocenters. The lowest BCUT2D eigenvalue weighted by molar-refractivity contribution is -0.113. The first-order chi connectivity index (χ1) is 14.4. The van der Waals surface area contributed by atoms with Crippen LogP contribution in [0.4, 0.5) is 5.69 Å². The number of hydrogen-bond donors (Lipinski definition) is 1. The first-order valence-electron chi connectivity index (χ1n) is 9.63. The van der Waals surface area contributed by atoms with Gasteiger partial charge in [0, 0.05) is 6.08 Å². The third-order valence-electron chi connectivity index (χ3n) is 4.78. The van der Waals surface area contributed by atoms with E-state index in [1.54, 1.807) is 6.08 Å². The van der Waals surface area contributed by atoms with Gasteiger partial charge in [-0.15, -0.1) is 0 Å². The number of anilines is 1. The second-order valence-corrected chi connectivity index (χ2v) is 7.72. The summed E-state index contributed by atoms with van der Waals surface area (Å²) in [5.41, 5.74) is 4.41. The number of furan rings is 1. The van der Waals surface area contributed by atoms with Crippen LogP contribution in [0.5, 0.6) is 5.75 Å². The van der Waals surface area contributed by atoms with Crippen LogP contribution in [-0.4, -0.2) is 11.0 Å². The normalized spacial score (nSPS) is 15.0. The minimum atomic E-state index is -0.210. The minimum Gasteiger partial charge on any atom is -0.486 e. The molecule has 1 aromatic heterocycles. The monoisotopic (exact) mass is 418 g/mol. The molecule has 1 aliphatic heterocycles. The number of rotatable bonds is 5. The van der Waals surface area contributed by atoms with E-state index >= 15 is 0 Å². The smallest absolute Gasteiger partial charge is 0.281 e. The number of thiocarbonyl (C=S) groups is 1. The van der Waals surface area contributed by atoms with Crippen molar-refractivity contribution in [2.24, 2.45) is 0 Å². The summed E-state index contributed by atoms with van der Waals surface area (Å²) in [6.45, 7) is 6.32. The molecule has 0 aliphatic carbocycles. The van der Waals surface area contributed by atoms with E-state index in [2.05, 4.69) is 11.4 Å². The lowest BCUT2D eigenvalue weighted by Crippen LogP contribution is -2.30. The van der Waals surface area contributed by atoms with Gasteiger partial charge in [-0.3, -0.25) is 9.69 Å². The Bertz CT molecular complexity index is 1140. The number of nitrogens with one attached hydrogen (secondary N) is 1. The van der Waals surface area contributed by atoms with Crippen molar-refractivity contribution >= 4 is 35.0 Å². The van der Waals surface area contributed by atoms with Gasteiger partial charge in [-0.2, -0.15) is 0 Å². The van der Waals surface area contributed by atoms with E-state index in [-0.39, 0.29) is 5.91 Å². The summed E-state index contributed by atoms with van der Waals surface area (Å²) in [4.78, 5) is 14.4. The van der Waals surface area contributed by atoms with Crippen LogP contribution >= 0.6 is 12.2 Å². The Morgan fingerprint density at radius 1 is 1.07 bits per heavy atom. The fourth-order valence-electron chi connectivity index (χ4n) is 3.43. The average Bonchev–Trinajstić information content (AvgIpc) is 3.24. The second kappa shape index (κ2) is 8.16. The molecular formula is C24H22N2O3S. The Morgan fingerprint density at radius 2 is 1.80 bits per heavy atom. The fraction of sp³-hybridized carbons (Fsp3) is 0.167. The summed E-state index contributed by atoms with van der Waals surface area (Å²) in [5.74, 6) is 1.82. The zero-order valence-electron chi connectivity index (χ0n) is 17.1. The van der Waals surface area contributed by atoms with Gasteiger partial charge in [-0.05, 0) is 80.0 Å². The van der Waals surface area contributed by atoms with Gasteiger partial charge in [0.15, 0.2) is 5.11 Å². The van der Waals surface area contributed by atoms with Crippen molar-refractivity contribution in [2.75, 3.05) is 4.90 Å². The topological polar surface area (TPSA) is 54.7 Å². The molecule has 5 nitrogen and oxygen atoms in total. The SMILES string of the molecule is Cc1cc(C)cc(OCc2ccc(/C=C3/NC(=S)N(c4ccccc4C)C3=O)o2)c1. The van der Waals surface area contributed by atoms with Crippen molar-refractivity contribution in [1.29, 1.82) is 0 Å². The van der Waals surface area contributed by atoms with Gasteiger partial charge in [0.1, 0.15) is 29.6 Å². The number of ether oxygens (including phenoxy) is 1. The van der Waals surface area contributed by atoms with Crippen LogP contribution in [0.25, 0.3) is 6.08 Å². The Hall–Kier alpha value is -3.38. The van der Waals surface area contributed by atoms with E-state index in [1.807, 2.05) is 69.3 Å². The predicted molar refractivity (Wildman–Crippen MR) is 121 cm³/mol. The number of hydrogen-bond acceptors (Lipinski definition) is 4. The summed E-state index contributed by atoms with van der Waals surface area (Å²) in [6, 6.07) is 17.3. The Balaban J connectivity index is 1.48. The van der Waals surface area contributed by atoms with E-state index in [0.717, 1.165) is 28.1 Å². The number of para-hydroxylation sites is 1. The van der Waals surface area contributed by atoms with Gasteiger partial charge in [-0.1, -0.05) is 24.3 Å². The highest BCUT2D eigenvalue weighted by Gasteiger charge is 2.32. The maximum absolute atomic E-state index is 12.9. The van der Waals surface area contributed by atoms with E-state index in [4.69, 9.17) is 21.4 Å². The minimum absolute atomic E-state index is 0.210. The molecule has 152 valence electrons. The van der Waals surface area contributed by atoms with Crippen LogP contribution in [0, 0.1) is 20.8 Å². The number of amides is 1. The van der Waals surface area contributed by atoms with Crippen molar-refractivity contribution < 1.29 is 13.9 Å². The Labute approximate surface area is 181 Å². The molecule has 3 aromatic rings. The maximum Gasteiger partial charge on any atom is 0.281 e. The molecule has 1 fully saturated rings. The summed E-state index contributed by atoms with van der Waals surface area (Å²) in [7, 11) is 0. The first-order valence-corrected chi connectivity index (χ1v) is 10.0. The first kappa shape index (κ1) is 19.9. The molecule has 0 atom stereocenters. The highest BCUT2D eigenvalue weighted by Crippen LogP contribution is 2.26. The number of carbonyl (C=O) groups excluding carboxylic acids is 1. The number of benzene rings is 2. The van der Waals surface area contributed by atoms with Gasteiger partial charge in [-0.25, -0.2) is 0 Å². The predicted octanol–water partition coefficient (Wildman–Crippen LogP) is 5.05. The molecule has 6 heteroatoms. The highest BCUT2D eigenvalue weighted by molar-refractivity contribution is 7.80. The van der Waals surface area contributed by atoms with Crippen molar-refractivity contribution in [3.63, 3.8) is 0 Å². The van der Waals surface area contributed by atoms with E-state index in [1.165, 1.54) is 4.90 Å². The summed E-state index contributed by atoms with van der Waals surface area (Å²) in [6.07, 6.45) is 1.66. The third-order valence-corrected chi connectivity index (χ3v) is 5.06. The van der Waals surface area contributed by atoms with Gasteiger partial charge in [0.05, 0.1) is 5.69 Å². The standard InChI is InChI=1S/C24H22N2O3S/c1-15-10-16(2)12-20(11-15)28-14-19-9-8-18(29-19)13-21-23(27)26(24(30)25-21)22-7-5-4-6-17(22)3/h4-13H,14H2,1-3H3,(H,25,30)/b21-13+. The van der Waals surface area contributed by atoms with Crippen LogP contribution in [0.3, 0.4) is 0 Å². The van der Waals surface area contributed by atoms with Crippen LogP contribution in [0.15, 0.2) is 64.7 Å². The zero-order valence-corrected chi connectivity index (χ0v) is 17.9. The summed E-state index contributed by atoms with van der Waals surface area (Å²) < 4.78 is 11.7. The molecule has 2 heterocycles. The quantitative estimate of drug-likeness (QED) is 0.464. The average molecular weight is 419 g/mol. The maximum atomic E-state index is 12.9. The molecule has 2 aromatic carbocycles. The van der Waals surface area contributed by atoms with Crippen LogP contribution in [0.2, 0.25) is 0 Å². The van der Waals surface area contributed by atoms with Crippen LogP contribution < -0.4 is 15.0 Å². The molecule has 0 bridgehead atoms. The molecule has 0 spiro atoms. The van der Waals surface area contributed by atoms with Crippen LogP contribution in [0.1, 0.15) is 28.2 Å². The van der Waals surface area contributed by atoms with Crippen molar-refractivity contribution in [3.05, 3.63) is 88.5 Å². The lowest BCUT2D eigenvalue weighted by Gasteiger charge is -2.16. The molecular weight excluding hydrogens is 396 g/mol. The summed E-state index contributed by atoms with van der Waals surface area (Å²) in [5, 5.41) is 3.34. The second-order valence-electron chi connectivity index (χ2n) is 7.33. The lowest BCUT2D eigenvalue weighted by atomic mass is 10.1. The summed E-state index contributed by atoms with van der Waals surface area (Å²) >= 11 is 5.38. The third kappa shape index (κ3) is 4.14. The van der Waals surface area contributed by atoms with Gasteiger partial charge in [0.2, 0.25) is 0 Å². The molecule has 1 aliphatic rings. The number of aryl methyl sites for hydroxylation is 3. The van der Waals surface area contributed by atoms with E-state index < -0.39 is 0 Å². The molecule has 0 saturated carbocycles. The largest absolute Gasteiger partial charge is 0.486 e. The number of nitrogens with zero attached hydrogens (tertiary/aromatic N) is 1. The molecule has 1 saturated heterocycles. The van der Waals surface area contributed by atoms with Crippen molar-refractivity contribution in [2.45, 2.75) is 27.4 Å². The van der Waals surface area contributed by atoms with E-state index in [9.17, 15) is 4.79 Å². The molecule has 0 radical (unpaired) electrons. The number of carbonyl (C=O) groups is 1. The molecule has 30 heavy (non-hydrogen) atoms. The Morgan fingerprint density at radius 3 is 2.53 bits per heavy atom. The fourth-order valence-corrected chi connectivity index (χ4v) is 3.72. The van der Waals surface area contributed by atoms with Crippen molar-refractivity contribution in [3.8, 4) is 5.75 Å². The highest BCUT2D eigenvalue weighted by atomic mass is 32.1. The molecule has 4 rings (SSSR count). The van der Waals surface area contributed by atoms with Crippen LogP contribution in [-0.2, 0) is 11.4 Å². The van der Waals surface area contributed by atoms with Gasteiger partial charge >= 0.3 is 0 Å². The van der Waals surface area contributed by atoms with E-state index in [0.29, 0.717) is 28.9 Å².